The molecule has 3 N–H and O–H groups in total. The number of hydrogen-bond donors (Lipinski definition) is 3. The average molecular weight is 516 g/mol. The molecule has 0 bridgehead atoms. The maximum Gasteiger partial charge on any atom is 0.270 e. The molecule has 1 aliphatic carbocycles. The fourth-order valence-corrected chi connectivity index (χ4v) is 5.40. The number of aryl methyl sites for hydroxylation is 1. The topological polar surface area (TPSA) is 138 Å². The number of carbonyl (C=O) groups is 1. The third-order valence-corrected chi connectivity index (χ3v) is 7.03. The van der Waals surface area contributed by atoms with Crippen LogP contribution in [0.3, 0.4) is 0 Å². The largest absolute Gasteiger partial charge is 0.497 e. The van der Waals surface area contributed by atoms with Crippen molar-refractivity contribution in [2.75, 3.05) is 26.6 Å². The van der Waals surface area contributed by atoms with Gasteiger partial charge >= 0.3 is 0 Å². The van der Waals surface area contributed by atoms with Gasteiger partial charge in [-0.1, -0.05) is 12.1 Å². The Bertz CT molecular complexity index is 1230. The summed E-state index contributed by atoms with van der Waals surface area (Å²) in [6.07, 6.45) is 4.77. The standard InChI is InChI=1S/C24H33N7O4S/c1-16-27-21(12-22(28-16)24(32)25-13-18-5-4-6-20(11-18)35-2)23-26-15-31(29-23)14-17-7-9-19(10-8-17)30-36(3,33)34/h4-6,11-12,17,19,30H,7-10,13-15H2,1-3H3,(H,25,32)(H,26,29). The number of rotatable bonds is 9. The molecule has 12 heteroatoms. The molecule has 1 amide bonds. The zero-order valence-corrected chi connectivity index (χ0v) is 21.6. The lowest BCUT2D eigenvalue weighted by Gasteiger charge is -2.31. The van der Waals surface area contributed by atoms with Crippen LogP contribution in [0.4, 0.5) is 0 Å². The highest BCUT2D eigenvalue weighted by Gasteiger charge is 2.27. The molecule has 2 aliphatic rings. The lowest BCUT2D eigenvalue weighted by Crippen LogP contribution is -2.43. The highest BCUT2D eigenvalue weighted by atomic mass is 32.2. The fourth-order valence-electron chi connectivity index (χ4n) is 4.56. The highest BCUT2D eigenvalue weighted by molar-refractivity contribution is 7.88. The second kappa shape index (κ2) is 11.3. The smallest absolute Gasteiger partial charge is 0.270 e. The predicted molar refractivity (Wildman–Crippen MR) is 136 cm³/mol. The summed E-state index contributed by atoms with van der Waals surface area (Å²) >= 11 is 0. The van der Waals surface area contributed by atoms with Crippen LogP contribution >= 0.6 is 0 Å². The van der Waals surface area contributed by atoms with Crippen molar-refractivity contribution in [1.82, 2.24) is 30.4 Å². The number of nitrogens with zero attached hydrogens (tertiary/aromatic N) is 4. The van der Waals surface area contributed by atoms with Crippen molar-refractivity contribution < 1.29 is 17.9 Å². The molecule has 0 spiro atoms. The lowest BCUT2D eigenvalue weighted by molar-refractivity contribution is 0.0945. The Labute approximate surface area is 211 Å². The molecule has 0 radical (unpaired) electrons. The molecule has 1 saturated carbocycles. The quantitative estimate of drug-likeness (QED) is 0.455. The van der Waals surface area contributed by atoms with E-state index in [0.29, 0.717) is 36.5 Å². The molecule has 0 unspecified atom stereocenters. The minimum Gasteiger partial charge on any atom is -0.497 e. The Balaban J connectivity index is 1.31. The summed E-state index contributed by atoms with van der Waals surface area (Å²) in [5.41, 5.74) is 5.07. The minimum absolute atomic E-state index is 0.0204. The molecule has 0 atom stereocenters. The van der Waals surface area contributed by atoms with Crippen LogP contribution in [0.15, 0.2) is 35.3 Å². The van der Waals surface area contributed by atoms with Crippen LogP contribution < -0.4 is 20.2 Å². The van der Waals surface area contributed by atoms with E-state index in [1.807, 2.05) is 29.3 Å². The number of nitrogens with one attached hydrogen (secondary N) is 3. The van der Waals surface area contributed by atoms with E-state index in [4.69, 9.17) is 4.74 Å². The first-order valence-corrected chi connectivity index (χ1v) is 13.9. The van der Waals surface area contributed by atoms with E-state index in [9.17, 15) is 13.2 Å². The Morgan fingerprint density at radius 2 is 1.97 bits per heavy atom. The SMILES string of the molecule is COc1cccc(CNC(=O)c2cc(C3=NCN(CC4CCC(NS(C)(=O)=O)CC4)N3)nc(C)n2)c1. The maximum absolute atomic E-state index is 12.8. The maximum atomic E-state index is 12.8. The van der Waals surface area contributed by atoms with Gasteiger partial charge in [0.05, 0.1) is 13.4 Å². The van der Waals surface area contributed by atoms with Gasteiger partial charge in [0.2, 0.25) is 10.0 Å². The van der Waals surface area contributed by atoms with Crippen molar-refractivity contribution >= 4 is 21.8 Å². The number of hydrogen-bond acceptors (Lipinski definition) is 9. The zero-order chi connectivity index (χ0) is 25.7. The van der Waals surface area contributed by atoms with Gasteiger partial charge in [-0.25, -0.2) is 33.1 Å². The second-order valence-corrected chi connectivity index (χ2v) is 11.1. The number of methoxy groups -OCH3 is 1. The lowest BCUT2D eigenvalue weighted by atomic mass is 9.86. The van der Waals surface area contributed by atoms with Crippen molar-refractivity contribution in [1.29, 1.82) is 0 Å². The summed E-state index contributed by atoms with van der Waals surface area (Å²) in [6.45, 7) is 3.38. The van der Waals surface area contributed by atoms with Gasteiger partial charge in [-0.05, 0) is 62.3 Å². The van der Waals surface area contributed by atoms with Crippen LogP contribution in [0.1, 0.15) is 53.3 Å². The normalized spacial score (nSPS) is 20.5. The number of benzene rings is 1. The average Bonchev–Trinajstić information content (AvgIpc) is 3.31. The molecule has 36 heavy (non-hydrogen) atoms. The van der Waals surface area contributed by atoms with E-state index in [0.717, 1.165) is 43.5 Å². The molecular formula is C24H33N7O4S. The predicted octanol–water partition coefficient (Wildman–Crippen LogP) is 1.36. The molecule has 1 aliphatic heterocycles. The van der Waals surface area contributed by atoms with Crippen LogP contribution in [0.2, 0.25) is 0 Å². The van der Waals surface area contributed by atoms with E-state index in [1.54, 1.807) is 20.1 Å². The number of carbonyl (C=O) groups excluding carboxylic acids is 1. The summed E-state index contributed by atoms with van der Waals surface area (Å²) in [4.78, 5) is 26.1. The number of hydrazine groups is 1. The molecule has 1 fully saturated rings. The summed E-state index contributed by atoms with van der Waals surface area (Å²) < 4.78 is 30.9. The molecule has 194 valence electrons. The van der Waals surface area contributed by atoms with Crippen LogP contribution in [0, 0.1) is 12.8 Å². The molecule has 2 heterocycles. The first-order valence-electron chi connectivity index (χ1n) is 12.0. The molecule has 0 saturated heterocycles. The van der Waals surface area contributed by atoms with Gasteiger partial charge in [0.15, 0.2) is 5.84 Å². The number of amidine groups is 1. The van der Waals surface area contributed by atoms with E-state index in [1.165, 1.54) is 6.26 Å². The number of amides is 1. The van der Waals surface area contributed by atoms with Gasteiger partial charge in [-0.2, -0.15) is 0 Å². The first-order chi connectivity index (χ1) is 17.2. The van der Waals surface area contributed by atoms with Gasteiger partial charge in [-0.3, -0.25) is 10.2 Å². The fraction of sp³-hybridized carbons (Fsp3) is 0.500. The Hall–Kier alpha value is -3.09. The van der Waals surface area contributed by atoms with E-state index in [2.05, 4.69) is 30.4 Å². The summed E-state index contributed by atoms with van der Waals surface area (Å²) in [7, 11) is -1.57. The number of ether oxygens (including phenoxy) is 1. The van der Waals surface area contributed by atoms with Crippen LogP contribution in [0.25, 0.3) is 0 Å². The number of sulfonamides is 1. The van der Waals surface area contributed by atoms with Gasteiger partial charge in [0.1, 0.15) is 29.6 Å². The van der Waals surface area contributed by atoms with Crippen molar-refractivity contribution in [3.63, 3.8) is 0 Å². The van der Waals surface area contributed by atoms with Gasteiger partial charge in [0.25, 0.3) is 5.91 Å². The van der Waals surface area contributed by atoms with E-state index < -0.39 is 10.0 Å². The monoisotopic (exact) mass is 515 g/mol. The number of aromatic nitrogens is 2. The third-order valence-electron chi connectivity index (χ3n) is 6.27. The molecule has 11 nitrogen and oxygen atoms in total. The van der Waals surface area contributed by atoms with Gasteiger partial charge in [0, 0.05) is 19.1 Å². The molecule has 4 rings (SSSR count). The Morgan fingerprint density at radius 1 is 1.19 bits per heavy atom. The summed E-state index contributed by atoms with van der Waals surface area (Å²) in [5, 5.41) is 4.93. The zero-order valence-electron chi connectivity index (χ0n) is 20.8. The van der Waals surface area contributed by atoms with Crippen LogP contribution in [-0.4, -0.2) is 67.8 Å². The van der Waals surface area contributed by atoms with Crippen molar-refractivity contribution in [3.05, 3.63) is 53.1 Å². The second-order valence-electron chi connectivity index (χ2n) is 9.31. The first kappa shape index (κ1) is 26.0. The van der Waals surface area contributed by atoms with Crippen molar-refractivity contribution in [2.45, 2.75) is 45.2 Å². The van der Waals surface area contributed by atoms with Crippen molar-refractivity contribution in [2.24, 2.45) is 10.9 Å². The Morgan fingerprint density at radius 3 is 2.69 bits per heavy atom. The Kier molecular flexibility index (Phi) is 8.17. The molecule has 1 aromatic heterocycles. The number of aliphatic imine (C=N–C) groups is 1. The van der Waals surface area contributed by atoms with E-state index in [-0.39, 0.29) is 17.6 Å². The van der Waals surface area contributed by atoms with Gasteiger partial charge < -0.3 is 10.1 Å². The van der Waals surface area contributed by atoms with Gasteiger partial charge in [-0.15, -0.1) is 0 Å². The minimum atomic E-state index is -3.17. The molecular weight excluding hydrogens is 482 g/mol. The van der Waals surface area contributed by atoms with Crippen LogP contribution in [-0.2, 0) is 16.6 Å². The third kappa shape index (κ3) is 7.21. The highest BCUT2D eigenvalue weighted by Crippen LogP contribution is 2.25. The molecule has 1 aromatic carbocycles. The summed E-state index contributed by atoms with van der Waals surface area (Å²) in [5.74, 6) is 1.98. The van der Waals surface area contributed by atoms with Crippen molar-refractivity contribution in [3.8, 4) is 5.75 Å². The van der Waals surface area contributed by atoms with Crippen LogP contribution in [0.5, 0.6) is 5.75 Å². The molecule has 2 aromatic rings. The summed E-state index contributed by atoms with van der Waals surface area (Å²) in [6, 6.07) is 9.18. The van der Waals surface area contributed by atoms with E-state index >= 15 is 0 Å².